The van der Waals surface area contributed by atoms with Crippen molar-refractivity contribution in [3.05, 3.63) is 82.9 Å². The summed E-state index contributed by atoms with van der Waals surface area (Å²) >= 11 is 0. The predicted molar refractivity (Wildman–Crippen MR) is 218 cm³/mol. The van der Waals surface area contributed by atoms with Crippen LogP contribution < -0.4 is 10.6 Å². The Morgan fingerprint density at radius 3 is 1.30 bits per heavy atom. The zero-order valence-corrected chi connectivity index (χ0v) is 31.7. The van der Waals surface area contributed by atoms with Gasteiger partial charge in [0.05, 0.1) is 0 Å². The Bertz CT molecular complexity index is 1820. The molecular formula is C44H56N4O6. The summed E-state index contributed by atoms with van der Waals surface area (Å²) in [5, 5.41) is 51.1. The molecule has 0 spiro atoms. The second-order valence-corrected chi connectivity index (χ2v) is 14.2. The van der Waals surface area contributed by atoms with Crippen LogP contribution in [-0.4, -0.2) is 94.4 Å². The van der Waals surface area contributed by atoms with Gasteiger partial charge < -0.3 is 40.9 Å². The van der Waals surface area contributed by atoms with E-state index in [-0.39, 0.29) is 34.8 Å². The molecule has 0 aliphatic carbocycles. The van der Waals surface area contributed by atoms with Crippen LogP contribution in [0.4, 0.5) is 0 Å². The number of amides is 2. The molecule has 2 amide bonds. The Balaban J connectivity index is 0.867. The van der Waals surface area contributed by atoms with E-state index in [9.17, 15) is 30.0 Å². The third-order valence-electron chi connectivity index (χ3n) is 10.4. The molecule has 4 aromatic rings. The quantitative estimate of drug-likeness (QED) is 0.0468. The Labute approximate surface area is 318 Å². The molecule has 0 bridgehead atoms. The minimum Gasteiger partial charge on any atom is -0.507 e. The number of carbonyl (C=O) groups is 2. The molecule has 1 saturated heterocycles. The number of nitrogens with one attached hydrogen (secondary N) is 2. The highest BCUT2D eigenvalue weighted by Crippen LogP contribution is 2.41. The van der Waals surface area contributed by atoms with Crippen molar-refractivity contribution < 1.29 is 30.0 Å². The normalized spacial score (nSPS) is 14.1. The van der Waals surface area contributed by atoms with E-state index in [1.807, 2.05) is 48.6 Å². The van der Waals surface area contributed by atoms with Crippen molar-refractivity contribution in [3.63, 3.8) is 0 Å². The maximum atomic E-state index is 12.4. The number of rotatable bonds is 18. The summed E-state index contributed by atoms with van der Waals surface area (Å²) in [6.07, 6.45) is 13.1. The average molecular weight is 737 g/mol. The van der Waals surface area contributed by atoms with Crippen molar-refractivity contribution in [2.45, 2.75) is 65.2 Å². The number of aromatic hydroxyl groups is 4. The molecule has 1 aliphatic rings. The van der Waals surface area contributed by atoms with Crippen LogP contribution in [0.5, 0.6) is 23.0 Å². The lowest BCUT2D eigenvalue weighted by Gasteiger charge is -2.34. The van der Waals surface area contributed by atoms with Crippen molar-refractivity contribution in [1.29, 1.82) is 0 Å². The molecule has 288 valence electrons. The largest absolute Gasteiger partial charge is 0.507 e. The van der Waals surface area contributed by atoms with E-state index >= 15 is 0 Å². The van der Waals surface area contributed by atoms with E-state index in [2.05, 4.69) is 20.4 Å². The van der Waals surface area contributed by atoms with Gasteiger partial charge in [-0.05, 0) is 65.5 Å². The molecule has 10 heteroatoms. The molecule has 5 rings (SSSR count). The molecule has 0 atom stereocenters. The number of hydrogen-bond acceptors (Lipinski definition) is 8. The van der Waals surface area contributed by atoms with Gasteiger partial charge in [-0.1, -0.05) is 72.8 Å². The Morgan fingerprint density at radius 1 is 0.574 bits per heavy atom. The Morgan fingerprint density at radius 2 is 0.926 bits per heavy atom. The smallest absolute Gasteiger partial charge is 0.220 e. The summed E-state index contributed by atoms with van der Waals surface area (Å²) in [5.74, 6) is 0.773. The number of piperazine rings is 1. The summed E-state index contributed by atoms with van der Waals surface area (Å²) in [5.41, 5.74) is 2.48. The first-order chi connectivity index (χ1) is 26.2. The SMILES string of the molecule is Cc1c(/C=C/CCCC(=O)NCCCN2CCN(CCCNC(=O)CCC/C=C/c3c(C)c(O)c4ccccc4c3O)CC2)c(O)c2ccccc2c1O. The van der Waals surface area contributed by atoms with E-state index in [1.54, 1.807) is 38.1 Å². The van der Waals surface area contributed by atoms with Crippen molar-refractivity contribution >= 4 is 45.5 Å². The van der Waals surface area contributed by atoms with Crippen molar-refractivity contribution in [3.8, 4) is 23.0 Å². The zero-order valence-electron chi connectivity index (χ0n) is 31.7. The standard InChI is InChI=1S/C44H56N4O6/c1-31-33(43(53)37-19-11-9-17-35(37)41(31)51)15-5-3-7-21-39(49)45-23-13-25-47-27-29-48(30-28-47)26-14-24-46-40(50)22-8-4-6-16-34-32(2)42(52)36-18-10-12-20-38(36)44(34)54/h5-6,9-12,15-20,51-54H,3-4,7-8,13-14,21-30H2,1-2H3,(H,45,49)(H,46,50)/b15-5+,16-6+. The topological polar surface area (TPSA) is 146 Å². The fourth-order valence-corrected chi connectivity index (χ4v) is 7.14. The summed E-state index contributed by atoms with van der Waals surface area (Å²) in [7, 11) is 0. The zero-order chi connectivity index (χ0) is 38.5. The summed E-state index contributed by atoms with van der Waals surface area (Å²) < 4.78 is 0. The maximum absolute atomic E-state index is 12.4. The van der Waals surface area contributed by atoms with E-state index in [0.717, 1.165) is 52.1 Å². The summed E-state index contributed by atoms with van der Waals surface area (Å²) in [6, 6.07) is 14.5. The monoisotopic (exact) mass is 736 g/mol. The van der Waals surface area contributed by atoms with Crippen LogP contribution in [0, 0.1) is 13.8 Å². The van der Waals surface area contributed by atoms with E-state index in [4.69, 9.17) is 0 Å². The highest BCUT2D eigenvalue weighted by molar-refractivity contribution is 5.98. The fraction of sp³-hybridized carbons (Fsp3) is 0.409. The second-order valence-electron chi connectivity index (χ2n) is 14.2. The third-order valence-corrected chi connectivity index (χ3v) is 10.4. The van der Waals surface area contributed by atoms with Gasteiger partial charge in [0, 0.05) is 95.9 Å². The van der Waals surface area contributed by atoms with Gasteiger partial charge >= 0.3 is 0 Å². The van der Waals surface area contributed by atoms with Crippen LogP contribution >= 0.6 is 0 Å². The molecule has 10 nitrogen and oxygen atoms in total. The van der Waals surface area contributed by atoms with Gasteiger partial charge in [-0.25, -0.2) is 0 Å². The molecule has 0 aromatic heterocycles. The lowest BCUT2D eigenvalue weighted by molar-refractivity contribution is -0.122. The molecule has 54 heavy (non-hydrogen) atoms. The van der Waals surface area contributed by atoms with E-state index in [0.29, 0.717) is 95.4 Å². The number of allylic oxidation sites excluding steroid dienone is 2. The van der Waals surface area contributed by atoms with E-state index < -0.39 is 0 Å². The number of nitrogens with zero attached hydrogens (tertiary/aromatic N) is 2. The predicted octanol–water partition coefficient (Wildman–Crippen LogP) is 7.13. The first-order valence-electron chi connectivity index (χ1n) is 19.3. The van der Waals surface area contributed by atoms with Gasteiger partial charge in [0.1, 0.15) is 23.0 Å². The first-order valence-corrected chi connectivity index (χ1v) is 19.3. The van der Waals surface area contributed by atoms with Crippen LogP contribution in [0.1, 0.15) is 73.6 Å². The molecular weight excluding hydrogens is 681 g/mol. The minimum absolute atomic E-state index is 0.0506. The average Bonchev–Trinajstić information content (AvgIpc) is 3.19. The Kier molecular flexibility index (Phi) is 14.8. The molecule has 1 aliphatic heterocycles. The van der Waals surface area contributed by atoms with Crippen LogP contribution in [0.15, 0.2) is 60.7 Å². The van der Waals surface area contributed by atoms with Gasteiger partial charge in [0.15, 0.2) is 0 Å². The van der Waals surface area contributed by atoms with Crippen LogP contribution in [0.3, 0.4) is 0 Å². The number of phenolic OH excluding ortho intramolecular Hbond substituents is 4. The molecule has 4 aromatic carbocycles. The van der Waals surface area contributed by atoms with Crippen molar-refractivity contribution in [2.24, 2.45) is 0 Å². The highest BCUT2D eigenvalue weighted by atomic mass is 16.3. The van der Waals surface area contributed by atoms with Crippen molar-refractivity contribution in [1.82, 2.24) is 20.4 Å². The lowest BCUT2D eigenvalue weighted by Crippen LogP contribution is -2.47. The maximum Gasteiger partial charge on any atom is 0.220 e. The van der Waals surface area contributed by atoms with Gasteiger partial charge in [0.25, 0.3) is 0 Å². The van der Waals surface area contributed by atoms with Gasteiger partial charge in [-0.3, -0.25) is 9.59 Å². The van der Waals surface area contributed by atoms with Crippen molar-refractivity contribution in [2.75, 3.05) is 52.4 Å². The summed E-state index contributed by atoms with van der Waals surface area (Å²) in [6.45, 7) is 10.8. The third kappa shape index (κ3) is 10.5. The molecule has 6 N–H and O–H groups in total. The highest BCUT2D eigenvalue weighted by Gasteiger charge is 2.17. The fourth-order valence-electron chi connectivity index (χ4n) is 7.14. The second kappa shape index (κ2) is 19.9. The number of benzene rings is 4. The molecule has 1 fully saturated rings. The van der Waals surface area contributed by atoms with E-state index in [1.165, 1.54) is 0 Å². The van der Waals surface area contributed by atoms with Crippen LogP contribution in [0.25, 0.3) is 33.7 Å². The minimum atomic E-state index is 0.0506. The lowest BCUT2D eigenvalue weighted by atomic mass is 9.98. The van der Waals surface area contributed by atoms with Gasteiger partial charge in [-0.2, -0.15) is 0 Å². The first kappa shape index (κ1) is 40.1. The molecule has 1 heterocycles. The number of phenols is 4. The number of fused-ring (bicyclic) bond motifs is 2. The van der Waals surface area contributed by atoms with Gasteiger partial charge in [-0.15, -0.1) is 0 Å². The molecule has 0 radical (unpaired) electrons. The number of unbranched alkanes of at least 4 members (excludes halogenated alkanes) is 2. The summed E-state index contributed by atoms with van der Waals surface area (Å²) in [4.78, 5) is 29.6. The molecule has 0 saturated carbocycles. The number of hydrogen-bond donors (Lipinski definition) is 6. The van der Waals surface area contributed by atoms with Crippen LogP contribution in [0.2, 0.25) is 0 Å². The Hall–Kier alpha value is -5.06. The van der Waals surface area contributed by atoms with Crippen LogP contribution in [-0.2, 0) is 9.59 Å². The number of carbonyl (C=O) groups excluding carboxylic acids is 2. The molecule has 0 unspecified atom stereocenters. The van der Waals surface area contributed by atoms with Gasteiger partial charge in [0.2, 0.25) is 11.8 Å².